The van der Waals surface area contributed by atoms with Gasteiger partial charge in [-0.15, -0.1) is 10.2 Å². The van der Waals surface area contributed by atoms with Crippen molar-refractivity contribution in [3.05, 3.63) is 59.5 Å². The van der Waals surface area contributed by atoms with E-state index in [4.69, 9.17) is 4.74 Å². The van der Waals surface area contributed by atoms with Gasteiger partial charge < -0.3 is 4.74 Å². The first-order chi connectivity index (χ1) is 9.26. The summed E-state index contributed by atoms with van der Waals surface area (Å²) in [4.78, 5) is 0. The molecule has 0 N–H and O–H groups in total. The number of aromatic nitrogens is 3. The maximum Gasteiger partial charge on any atom is 0.160 e. The maximum atomic E-state index is 5.24. The molecular formula is C15H15N3O. The van der Waals surface area contributed by atoms with Crippen LogP contribution in [0.2, 0.25) is 0 Å². The van der Waals surface area contributed by atoms with Gasteiger partial charge in [-0.1, -0.05) is 18.2 Å². The van der Waals surface area contributed by atoms with Crippen LogP contribution in [0.5, 0.6) is 5.75 Å². The summed E-state index contributed by atoms with van der Waals surface area (Å²) < 4.78 is 7.27. The van der Waals surface area contributed by atoms with Crippen LogP contribution in [0.15, 0.2) is 42.6 Å². The average Bonchev–Trinajstić information content (AvgIpc) is 2.81. The molecule has 0 bridgehead atoms. The highest BCUT2D eigenvalue weighted by molar-refractivity contribution is 5.40. The maximum absolute atomic E-state index is 5.24. The zero-order valence-electron chi connectivity index (χ0n) is 11.0. The van der Waals surface area contributed by atoms with Crippen molar-refractivity contribution >= 4 is 5.65 Å². The minimum atomic E-state index is 0.738. The molecule has 3 rings (SSSR count). The standard InChI is InChI=1S/C15H15N3O/c1-11-6-7-14-16-17-15(18(14)10-11)9-12-4-3-5-13(8-12)19-2/h3-8,10H,9H2,1-2H3. The largest absolute Gasteiger partial charge is 0.497 e. The van der Waals surface area contributed by atoms with Gasteiger partial charge in [0.25, 0.3) is 0 Å². The predicted octanol–water partition coefficient (Wildman–Crippen LogP) is 2.64. The number of nitrogens with zero attached hydrogens (tertiary/aromatic N) is 3. The second-order valence-corrected chi connectivity index (χ2v) is 4.58. The van der Waals surface area contributed by atoms with Crippen molar-refractivity contribution in [3.63, 3.8) is 0 Å². The highest BCUT2D eigenvalue weighted by Gasteiger charge is 2.06. The van der Waals surface area contributed by atoms with Crippen LogP contribution in [0.1, 0.15) is 17.0 Å². The van der Waals surface area contributed by atoms with Gasteiger partial charge in [-0.25, -0.2) is 0 Å². The summed E-state index contributed by atoms with van der Waals surface area (Å²) in [7, 11) is 1.68. The lowest BCUT2D eigenvalue weighted by Crippen LogP contribution is -1.97. The van der Waals surface area contributed by atoms with Gasteiger partial charge in [-0.3, -0.25) is 4.40 Å². The van der Waals surface area contributed by atoms with Gasteiger partial charge in [-0.2, -0.15) is 0 Å². The highest BCUT2D eigenvalue weighted by atomic mass is 16.5. The summed E-state index contributed by atoms with van der Waals surface area (Å²) in [6, 6.07) is 12.0. The summed E-state index contributed by atoms with van der Waals surface area (Å²) in [5.74, 6) is 1.80. The third-order valence-corrected chi connectivity index (χ3v) is 3.12. The van der Waals surface area contributed by atoms with Crippen molar-refractivity contribution in [1.82, 2.24) is 14.6 Å². The van der Waals surface area contributed by atoms with E-state index < -0.39 is 0 Å². The minimum Gasteiger partial charge on any atom is -0.497 e. The number of aryl methyl sites for hydroxylation is 1. The molecule has 0 saturated heterocycles. The van der Waals surface area contributed by atoms with Gasteiger partial charge in [0.05, 0.1) is 7.11 Å². The fourth-order valence-corrected chi connectivity index (χ4v) is 2.13. The average molecular weight is 253 g/mol. The van der Waals surface area contributed by atoms with Gasteiger partial charge in [0.2, 0.25) is 0 Å². The number of benzene rings is 1. The third-order valence-electron chi connectivity index (χ3n) is 3.12. The van der Waals surface area contributed by atoms with E-state index in [-0.39, 0.29) is 0 Å². The molecule has 0 amide bonds. The van der Waals surface area contributed by atoms with E-state index in [2.05, 4.69) is 29.4 Å². The van der Waals surface area contributed by atoms with Crippen molar-refractivity contribution < 1.29 is 4.74 Å². The molecule has 19 heavy (non-hydrogen) atoms. The molecular weight excluding hydrogens is 238 g/mol. The Hall–Kier alpha value is -2.36. The molecule has 4 nitrogen and oxygen atoms in total. The fourth-order valence-electron chi connectivity index (χ4n) is 2.13. The topological polar surface area (TPSA) is 39.4 Å². The summed E-state index contributed by atoms with van der Waals surface area (Å²) in [6.07, 6.45) is 2.80. The summed E-state index contributed by atoms with van der Waals surface area (Å²) in [6.45, 7) is 2.06. The van der Waals surface area contributed by atoms with Crippen LogP contribution in [0.3, 0.4) is 0 Å². The van der Waals surface area contributed by atoms with Gasteiger partial charge in [0.1, 0.15) is 11.6 Å². The van der Waals surface area contributed by atoms with Crippen molar-refractivity contribution in [2.75, 3.05) is 7.11 Å². The van der Waals surface area contributed by atoms with Crippen LogP contribution in [0.25, 0.3) is 5.65 Å². The normalized spacial score (nSPS) is 10.8. The van der Waals surface area contributed by atoms with Gasteiger partial charge in [0, 0.05) is 12.6 Å². The van der Waals surface area contributed by atoms with E-state index in [0.29, 0.717) is 0 Å². The Kier molecular flexibility index (Phi) is 2.91. The van der Waals surface area contributed by atoms with Crippen LogP contribution in [0, 0.1) is 6.92 Å². The van der Waals surface area contributed by atoms with Gasteiger partial charge in [0.15, 0.2) is 5.65 Å². The Bertz CT molecular complexity index is 718. The van der Waals surface area contributed by atoms with E-state index in [1.54, 1.807) is 7.11 Å². The molecule has 0 atom stereocenters. The SMILES string of the molecule is COc1cccc(Cc2nnc3ccc(C)cn23)c1. The van der Waals surface area contributed by atoms with Crippen molar-refractivity contribution in [2.45, 2.75) is 13.3 Å². The van der Waals surface area contributed by atoms with Crippen LogP contribution >= 0.6 is 0 Å². The number of ether oxygens (including phenoxy) is 1. The van der Waals surface area contributed by atoms with E-state index in [1.165, 1.54) is 5.56 Å². The monoisotopic (exact) mass is 253 g/mol. The molecule has 4 heteroatoms. The molecule has 0 spiro atoms. The van der Waals surface area contributed by atoms with Gasteiger partial charge in [-0.05, 0) is 36.2 Å². The second-order valence-electron chi connectivity index (χ2n) is 4.58. The van der Waals surface area contributed by atoms with E-state index in [0.717, 1.165) is 29.2 Å². The lowest BCUT2D eigenvalue weighted by atomic mass is 10.1. The Balaban J connectivity index is 1.98. The summed E-state index contributed by atoms with van der Waals surface area (Å²) in [5, 5.41) is 8.44. The molecule has 0 aliphatic carbocycles. The first kappa shape index (κ1) is 11.7. The lowest BCUT2D eigenvalue weighted by molar-refractivity contribution is 0.414. The number of pyridine rings is 1. The Morgan fingerprint density at radius 1 is 1.16 bits per heavy atom. The quantitative estimate of drug-likeness (QED) is 0.720. The van der Waals surface area contributed by atoms with Crippen molar-refractivity contribution in [2.24, 2.45) is 0 Å². The molecule has 1 aromatic carbocycles. The molecule has 0 saturated carbocycles. The van der Waals surface area contributed by atoms with Crippen molar-refractivity contribution in [1.29, 1.82) is 0 Å². The zero-order valence-corrected chi connectivity index (χ0v) is 11.0. The summed E-state index contributed by atoms with van der Waals surface area (Å²) >= 11 is 0. The Labute approximate surface area is 111 Å². The van der Waals surface area contributed by atoms with Gasteiger partial charge >= 0.3 is 0 Å². The Morgan fingerprint density at radius 3 is 2.89 bits per heavy atom. The number of rotatable bonds is 3. The van der Waals surface area contributed by atoms with Crippen LogP contribution in [-0.2, 0) is 6.42 Å². The lowest BCUT2D eigenvalue weighted by Gasteiger charge is -2.04. The number of fused-ring (bicyclic) bond motifs is 1. The number of hydrogen-bond acceptors (Lipinski definition) is 3. The van der Waals surface area contributed by atoms with E-state index in [1.807, 2.05) is 34.7 Å². The molecule has 0 aliphatic rings. The first-order valence-corrected chi connectivity index (χ1v) is 6.19. The molecule has 0 aliphatic heterocycles. The van der Waals surface area contributed by atoms with E-state index >= 15 is 0 Å². The smallest absolute Gasteiger partial charge is 0.160 e. The van der Waals surface area contributed by atoms with E-state index in [9.17, 15) is 0 Å². The summed E-state index contributed by atoms with van der Waals surface area (Å²) in [5.41, 5.74) is 3.23. The second kappa shape index (κ2) is 4.72. The molecule has 3 aromatic rings. The van der Waals surface area contributed by atoms with Crippen LogP contribution in [-0.4, -0.2) is 21.7 Å². The molecule has 0 fully saturated rings. The molecule has 2 aromatic heterocycles. The van der Waals surface area contributed by atoms with Crippen molar-refractivity contribution in [3.8, 4) is 5.75 Å². The molecule has 0 radical (unpaired) electrons. The first-order valence-electron chi connectivity index (χ1n) is 6.19. The fraction of sp³-hybridized carbons (Fsp3) is 0.200. The third kappa shape index (κ3) is 2.29. The number of methoxy groups -OCH3 is 1. The van der Waals surface area contributed by atoms with Crippen LogP contribution < -0.4 is 4.74 Å². The Morgan fingerprint density at radius 2 is 2.05 bits per heavy atom. The van der Waals surface area contributed by atoms with Crippen LogP contribution in [0.4, 0.5) is 0 Å². The zero-order chi connectivity index (χ0) is 13.2. The molecule has 2 heterocycles. The number of hydrogen-bond donors (Lipinski definition) is 0. The predicted molar refractivity (Wildman–Crippen MR) is 73.5 cm³/mol. The molecule has 0 unspecified atom stereocenters. The molecule has 96 valence electrons. The minimum absolute atomic E-state index is 0.738. The highest BCUT2D eigenvalue weighted by Crippen LogP contribution is 2.16.